The van der Waals surface area contributed by atoms with Crippen molar-refractivity contribution in [3.8, 4) is 6.19 Å². The molecule has 0 saturated carbocycles. The Labute approximate surface area is 112 Å². The van der Waals surface area contributed by atoms with Gasteiger partial charge >= 0.3 is 0 Å². The van der Waals surface area contributed by atoms with Gasteiger partial charge in [0.05, 0.1) is 10.0 Å². The number of amidine groups is 1. The fraction of sp³-hybridized carbons (Fsp3) is 0.111. The average molecular weight is 295 g/mol. The van der Waals surface area contributed by atoms with Crippen molar-refractivity contribution in [3.63, 3.8) is 0 Å². The molecule has 0 bridgehead atoms. The van der Waals surface area contributed by atoms with Crippen molar-refractivity contribution in [1.82, 2.24) is 5.32 Å². The minimum absolute atomic E-state index is 0.337. The van der Waals surface area contributed by atoms with Crippen LogP contribution in [0.5, 0.6) is 0 Å². The molecule has 0 amide bonds. The fourth-order valence-corrected chi connectivity index (χ4v) is 2.15. The Morgan fingerprint density at radius 1 is 1.38 bits per heavy atom. The lowest BCUT2D eigenvalue weighted by atomic mass is 10.3. The van der Waals surface area contributed by atoms with Crippen LogP contribution in [0.2, 0.25) is 15.1 Å². The second-order valence-electron chi connectivity index (χ2n) is 2.58. The lowest BCUT2D eigenvalue weighted by Gasteiger charge is -2.04. The Morgan fingerprint density at radius 3 is 2.38 bits per heavy atom. The van der Waals surface area contributed by atoms with Gasteiger partial charge in [-0.15, -0.1) is 0 Å². The molecule has 1 aromatic rings. The highest BCUT2D eigenvalue weighted by Crippen LogP contribution is 2.36. The third-order valence-electron chi connectivity index (χ3n) is 1.55. The van der Waals surface area contributed by atoms with E-state index in [9.17, 15) is 0 Å². The molecular formula is C9H6Cl3N3S. The molecule has 7 heteroatoms. The fourth-order valence-electron chi connectivity index (χ4n) is 0.915. The minimum atomic E-state index is 0.337. The van der Waals surface area contributed by atoms with Crippen molar-refractivity contribution in [1.29, 1.82) is 5.26 Å². The molecule has 1 aromatic carbocycles. The molecule has 0 aliphatic heterocycles. The van der Waals surface area contributed by atoms with Crippen molar-refractivity contribution in [2.75, 3.05) is 6.26 Å². The number of thioether (sulfide) groups is 1. The van der Waals surface area contributed by atoms with Crippen molar-refractivity contribution in [3.05, 3.63) is 27.2 Å². The smallest absolute Gasteiger partial charge is 0.183 e. The van der Waals surface area contributed by atoms with Crippen LogP contribution >= 0.6 is 46.6 Å². The number of nitriles is 1. The zero-order valence-electron chi connectivity index (χ0n) is 8.09. The van der Waals surface area contributed by atoms with Crippen LogP contribution in [-0.4, -0.2) is 11.4 Å². The van der Waals surface area contributed by atoms with E-state index < -0.39 is 0 Å². The largest absolute Gasteiger partial charge is 0.271 e. The molecule has 0 aliphatic rings. The van der Waals surface area contributed by atoms with Crippen molar-refractivity contribution in [2.24, 2.45) is 4.99 Å². The summed E-state index contributed by atoms with van der Waals surface area (Å²) in [6, 6.07) is 3.08. The molecule has 0 fully saturated rings. The molecule has 0 unspecified atom stereocenters. The number of rotatable bonds is 1. The van der Waals surface area contributed by atoms with E-state index in [2.05, 4.69) is 10.3 Å². The second kappa shape index (κ2) is 6.21. The summed E-state index contributed by atoms with van der Waals surface area (Å²) in [5.41, 5.74) is 0.389. The van der Waals surface area contributed by atoms with Gasteiger partial charge in [0.1, 0.15) is 5.69 Å². The molecule has 1 rings (SSSR count). The molecular weight excluding hydrogens is 289 g/mol. The topological polar surface area (TPSA) is 48.2 Å². The third kappa shape index (κ3) is 3.46. The zero-order valence-corrected chi connectivity index (χ0v) is 11.2. The van der Waals surface area contributed by atoms with E-state index in [0.29, 0.717) is 25.9 Å². The standard InChI is InChI=1S/C9H6Cl3N3S/c1-16-9(14-4-13)15-8-6(11)2-5(10)3-7(8)12/h2-3H,1H3,(H,14,15). The van der Waals surface area contributed by atoms with Crippen LogP contribution in [0.1, 0.15) is 0 Å². The van der Waals surface area contributed by atoms with Gasteiger partial charge in [-0.1, -0.05) is 46.6 Å². The Bertz CT molecular complexity index is 445. The first-order chi connectivity index (χ1) is 7.58. The Kier molecular flexibility index (Phi) is 5.23. The van der Waals surface area contributed by atoms with Gasteiger partial charge in [0.2, 0.25) is 0 Å². The number of hydrogen-bond acceptors (Lipinski definition) is 3. The maximum absolute atomic E-state index is 8.49. The highest BCUT2D eigenvalue weighted by atomic mass is 35.5. The summed E-state index contributed by atoms with van der Waals surface area (Å²) in [6.45, 7) is 0. The summed E-state index contributed by atoms with van der Waals surface area (Å²) in [7, 11) is 0. The molecule has 0 saturated heterocycles. The van der Waals surface area contributed by atoms with Gasteiger partial charge < -0.3 is 0 Å². The van der Waals surface area contributed by atoms with Crippen LogP contribution in [0.4, 0.5) is 5.69 Å². The van der Waals surface area contributed by atoms with E-state index in [1.54, 1.807) is 12.4 Å². The van der Waals surface area contributed by atoms with E-state index in [0.717, 1.165) is 0 Å². The number of nitrogens with one attached hydrogen (secondary N) is 1. The highest BCUT2D eigenvalue weighted by Gasteiger charge is 2.08. The number of halogens is 3. The molecule has 0 atom stereocenters. The summed E-state index contributed by atoms with van der Waals surface area (Å²) in [4.78, 5) is 4.13. The molecule has 84 valence electrons. The van der Waals surface area contributed by atoms with Gasteiger partial charge in [0.15, 0.2) is 11.4 Å². The predicted molar refractivity (Wildman–Crippen MR) is 70.8 cm³/mol. The maximum Gasteiger partial charge on any atom is 0.183 e. The predicted octanol–water partition coefficient (Wildman–Crippen LogP) is 4.07. The van der Waals surface area contributed by atoms with E-state index >= 15 is 0 Å². The number of nitrogens with zero attached hydrogens (tertiary/aromatic N) is 2. The minimum Gasteiger partial charge on any atom is -0.271 e. The number of aliphatic imine (C=N–C) groups is 1. The van der Waals surface area contributed by atoms with Gasteiger partial charge in [-0.3, -0.25) is 5.32 Å². The number of benzene rings is 1. The first kappa shape index (κ1) is 13.5. The highest BCUT2D eigenvalue weighted by molar-refractivity contribution is 8.13. The summed E-state index contributed by atoms with van der Waals surface area (Å²) >= 11 is 18.9. The molecule has 0 aliphatic carbocycles. The van der Waals surface area contributed by atoms with Crippen LogP contribution < -0.4 is 5.32 Å². The van der Waals surface area contributed by atoms with Crippen molar-refractivity contribution < 1.29 is 0 Å². The first-order valence-electron chi connectivity index (χ1n) is 4.00. The SMILES string of the molecule is CSC(=Nc1c(Cl)cc(Cl)cc1Cl)NC#N. The van der Waals surface area contributed by atoms with Crippen LogP contribution in [0.25, 0.3) is 0 Å². The van der Waals surface area contributed by atoms with Gasteiger partial charge in [-0.2, -0.15) is 5.26 Å². The van der Waals surface area contributed by atoms with E-state index in [1.807, 2.05) is 0 Å². The first-order valence-corrected chi connectivity index (χ1v) is 6.36. The summed E-state index contributed by atoms with van der Waals surface area (Å²) in [5, 5.41) is 12.4. The molecule has 0 heterocycles. The van der Waals surface area contributed by atoms with Crippen molar-refractivity contribution >= 4 is 57.4 Å². The lowest BCUT2D eigenvalue weighted by molar-refractivity contribution is 1.28. The van der Waals surface area contributed by atoms with Crippen LogP contribution in [-0.2, 0) is 0 Å². The lowest BCUT2D eigenvalue weighted by Crippen LogP contribution is -2.12. The van der Waals surface area contributed by atoms with E-state index in [4.69, 9.17) is 40.1 Å². The average Bonchev–Trinajstić information content (AvgIpc) is 2.21. The van der Waals surface area contributed by atoms with Gasteiger partial charge in [0, 0.05) is 5.02 Å². The normalized spacial score (nSPS) is 11.1. The quantitative estimate of drug-likeness (QED) is 0.368. The van der Waals surface area contributed by atoms with Crippen LogP contribution in [0, 0.1) is 11.5 Å². The number of hydrogen-bond donors (Lipinski definition) is 1. The van der Waals surface area contributed by atoms with E-state index in [1.165, 1.54) is 23.9 Å². The Morgan fingerprint density at radius 2 is 1.94 bits per heavy atom. The van der Waals surface area contributed by atoms with E-state index in [-0.39, 0.29) is 0 Å². The second-order valence-corrected chi connectivity index (χ2v) is 4.62. The molecule has 0 radical (unpaired) electrons. The summed E-state index contributed by atoms with van der Waals surface area (Å²) in [6.07, 6.45) is 3.55. The van der Waals surface area contributed by atoms with Crippen LogP contribution in [0.3, 0.4) is 0 Å². The van der Waals surface area contributed by atoms with Crippen molar-refractivity contribution in [2.45, 2.75) is 0 Å². The molecule has 0 aromatic heterocycles. The molecule has 0 spiro atoms. The monoisotopic (exact) mass is 293 g/mol. The maximum atomic E-state index is 8.49. The third-order valence-corrected chi connectivity index (χ3v) is 2.93. The van der Waals surface area contributed by atoms with Gasteiger partial charge in [-0.25, -0.2) is 4.99 Å². The molecule has 16 heavy (non-hydrogen) atoms. The molecule has 3 nitrogen and oxygen atoms in total. The van der Waals surface area contributed by atoms with Gasteiger partial charge in [0.25, 0.3) is 0 Å². The summed E-state index contributed by atoms with van der Waals surface area (Å²) < 4.78 is 0. The molecule has 1 N–H and O–H groups in total. The Balaban J connectivity index is 3.19. The zero-order chi connectivity index (χ0) is 12.1. The van der Waals surface area contributed by atoms with Crippen LogP contribution in [0.15, 0.2) is 17.1 Å². The summed E-state index contributed by atoms with van der Waals surface area (Å²) in [5.74, 6) is 0. The Hall–Kier alpha value is -0.600. The van der Waals surface area contributed by atoms with Gasteiger partial charge in [-0.05, 0) is 18.4 Å².